The van der Waals surface area contributed by atoms with Crippen LogP contribution in [0.15, 0.2) is 23.2 Å². The van der Waals surface area contributed by atoms with Crippen LogP contribution in [-0.4, -0.2) is 11.8 Å². The highest BCUT2D eigenvalue weighted by molar-refractivity contribution is 8.81. The van der Waals surface area contributed by atoms with Gasteiger partial charge in [-0.05, 0) is 54.2 Å². The number of benzene rings is 1. The Morgan fingerprint density at radius 3 is 2.31 bits per heavy atom. The molecule has 0 atom stereocenters. The van der Waals surface area contributed by atoms with Crippen molar-refractivity contribution in [3.05, 3.63) is 29.3 Å². The Balaban J connectivity index is 2.77. The zero-order valence-electron chi connectivity index (χ0n) is 8.07. The van der Waals surface area contributed by atoms with Crippen LogP contribution in [0.25, 0.3) is 0 Å². The quantitative estimate of drug-likeness (QED) is 0.426. The first-order valence-corrected chi connectivity index (χ1v) is 6.65. The van der Waals surface area contributed by atoms with Gasteiger partial charge in [0.25, 0.3) is 0 Å². The van der Waals surface area contributed by atoms with Crippen molar-refractivity contribution in [2.24, 2.45) is 4.99 Å². The van der Waals surface area contributed by atoms with Gasteiger partial charge < -0.3 is 0 Å². The van der Waals surface area contributed by atoms with Crippen molar-refractivity contribution >= 4 is 32.8 Å². The van der Waals surface area contributed by atoms with Crippen LogP contribution >= 0.6 is 21.6 Å². The fourth-order valence-corrected chi connectivity index (χ4v) is 1.79. The van der Waals surface area contributed by atoms with Crippen LogP contribution in [-0.2, 0) is 0 Å². The van der Waals surface area contributed by atoms with Gasteiger partial charge in [0.1, 0.15) is 0 Å². The normalized spacial score (nSPS) is 11.0. The number of hydrogen-bond donors (Lipinski definition) is 0. The Bertz CT molecular complexity index is 288. The van der Waals surface area contributed by atoms with Gasteiger partial charge >= 0.3 is 0 Å². The lowest BCUT2D eigenvalue weighted by atomic mass is 10.1. The fourth-order valence-electron chi connectivity index (χ4n) is 1.15. The summed E-state index contributed by atoms with van der Waals surface area (Å²) in [5, 5.41) is 0. The number of aliphatic imine (C=N–C) groups is 1. The van der Waals surface area contributed by atoms with Gasteiger partial charge in [-0.15, -0.1) is 0 Å². The second-order valence-electron chi connectivity index (χ2n) is 2.84. The molecule has 0 fully saturated rings. The minimum absolute atomic E-state index is 1.04. The topological polar surface area (TPSA) is 12.4 Å². The second kappa shape index (κ2) is 5.35. The first-order valence-electron chi connectivity index (χ1n) is 4.02. The van der Waals surface area contributed by atoms with E-state index in [1.54, 1.807) is 21.6 Å². The van der Waals surface area contributed by atoms with Gasteiger partial charge in [0.15, 0.2) is 0 Å². The van der Waals surface area contributed by atoms with Crippen molar-refractivity contribution in [1.82, 2.24) is 0 Å². The van der Waals surface area contributed by atoms with E-state index < -0.39 is 0 Å². The van der Waals surface area contributed by atoms with E-state index in [0.717, 1.165) is 5.69 Å². The molecule has 0 amide bonds. The fraction of sp³-hybridized carbons (Fsp3) is 0.300. The summed E-state index contributed by atoms with van der Waals surface area (Å²) in [7, 11) is 3.34. The van der Waals surface area contributed by atoms with Gasteiger partial charge in [0, 0.05) is 0 Å². The molecule has 1 nitrogen and oxygen atoms in total. The van der Waals surface area contributed by atoms with Crippen molar-refractivity contribution in [1.29, 1.82) is 0 Å². The maximum Gasteiger partial charge on any atom is 0.0711 e. The van der Waals surface area contributed by atoms with E-state index in [1.807, 2.05) is 11.8 Å². The monoisotopic (exact) mass is 211 g/mol. The van der Waals surface area contributed by atoms with Crippen LogP contribution in [0.1, 0.15) is 11.1 Å². The molecule has 0 saturated heterocycles. The van der Waals surface area contributed by atoms with Gasteiger partial charge in [-0.1, -0.05) is 16.9 Å². The van der Waals surface area contributed by atoms with Crippen molar-refractivity contribution < 1.29 is 0 Å². The third-order valence-corrected chi connectivity index (χ3v) is 2.77. The van der Waals surface area contributed by atoms with Crippen molar-refractivity contribution in [2.75, 3.05) is 6.26 Å². The van der Waals surface area contributed by atoms with Gasteiger partial charge in [0.05, 0.1) is 11.2 Å². The average molecular weight is 211 g/mol. The Morgan fingerprint density at radius 1 is 1.15 bits per heavy atom. The highest BCUT2D eigenvalue weighted by atomic mass is 33.1. The van der Waals surface area contributed by atoms with Crippen molar-refractivity contribution in [3.63, 3.8) is 0 Å². The smallest absolute Gasteiger partial charge is 0.0711 e. The van der Waals surface area contributed by atoms with E-state index >= 15 is 0 Å². The molecule has 0 aromatic heterocycles. The Kier molecular flexibility index (Phi) is 4.39. The molecule has 0 heterocycles. The first-order chi connectivity index (χ1) is 6.22. The molecule has 1 aromatic rings. The summed E-state index contributed by atoms with van der Waals surface area (Å²) in [5.41, 5.74) is 5.44. The maximum atomic E-state index is 4.33. The molecule has 1 aromatic carbocycles. The zero-order valence-corrected chi connectivity index (χ0v) is 9.71. The highest BCUT2D eigenvalue weighted by Crippen LogP contribution is 2.19. The first kappa shape index (κ1) is 10.7. The lowest BCUT2D eigenvalue weighted by Gasteiger charge is -1.98. The summed E-state index contributed by atoms with van der Waals surface area (Å²) >= 11 is 0. The van der Waals surface area contributed by atoms with E-state index in [1.165, 1.54) is 11.1 Å². The third kappa shape index (κ3) is 3.87. The van der Waals surface area contributed by atoms with Crippen LogP contribution in [0.4, 0.5) is 5.69 Å². The van der Waals surface area contributed by atoms with Gasteiger partial charge in [0.2, 0.25) is 0 Å². The molecule has 0 spiro atoms. The summed E-state index contributed by atoms with van der Waals surface area (Å²) < 4.78 is 0. The number of nitrogens with zero attached hydrogens (tertiary/aromatic N) is 1. The lowest BCUT2D eigenvalue weighted by Crippen LogP contribution is -1.75. The van der Waals surface area contributed by atoms with E-state index in [4.69, 9.17) is 0 Å². The molecular weight excluding hydrogens is 198 g/mol. The van der Waals surface area contributed by atoms with Crippen molar-refractivity contribution in [2.45, 2.75) is 13.8 Å². The van der Waals surface area contributed by atoms with Crippen molar-refractivity contribution in [3.8, 4) is 0 Å². The lowest BCUT2D eigenvalue weighted by molar-refractivity contribution is 1.36. The molecule has 1 rings (SSSR count). The standard InChI is InChI=1S/C10H13NS2/c1-8-4-9(2)6-10(5-8)11-7-13-12-3/h4-7H,1-3H3. The van der Waals surface area contributed by atoms with Gasteiger partial charge in [-0.3, -0.25) is 0 Å². The molecular formula is C10H13NS2. The molecule has 3 heteroatoms. The molecule has 70 valence electrons. The number of rotatable bonds is 3. The molecule has 0 radical (unpaired) electrons. The van der Waals surface area contributed by atoms with E-state index in [0.29, 0.717) is 0 Å². The highest BCUT2D eigenvalue weighted by Gasteiger charge is 1.91. The van der Waals surface area contributed by atoms with E-state index in [2.05, 4.69) is 37.0 Å². The Hall–Kier alpha value is -0.410. The summed E-state index contributed by atoms with van der Waals surface area (Å²) in [4.78, 5) is 4.33. The van der Waals surface area contributed by atoms with Crippen LogP contribution in [0.3, 0.4) is 0 Å². The summed E-state index contributed by atoms with van der Waals surface area (Å²) in [5.74, 6) is 0. The minimum atomic E-state index is 1.04. The largest absolute Gasteiger partial charge is 0.249 e. The summed E-state index contributed by atoms with van der Waals surface area (Å²) in [6.45, 7) is 4.18. The van der Waals surface area contributed by atoms with Gasteiger partial charge in [-0.25, -0.2) is 4.99 Å². The molecule has 0 aliphatic heterocycles. The Morgan fingerprint density at radius 2 is 1.77 bits per heavy atom. The van der Waals surface area contributed by atoms with Crippen LogP contribution in [0.2, 0.25) is 0 Å². The molecule has 0 aliphatic rings. The predicted octanol–water partition coefficient (Wildman–Crippen LogP) is 3.97. The second-order valence-corrected chi connectivity index (χ2v) is 5.16. The minimum Gasteiger partial charge on any atom is -0.249 e. The molecule has 0 saturated carbocycles. The number of hydrogen-bond acceptors (Lipinski definition) is 3. The average Bonchev–Trinajstić information content (AvgIpc) is 2.03. The Labute approximate surface area is 87.4 Å². The SMILES string of the molecule is CSSC=Nc1cc(C)cc(C)c1. The number of aryl methyl sites for hydroxylation is 2. The molecule has 0 aliphatic carbocycles. The maximum absolute atomic E-state index is 4.33. The molecule has 0 bridgehead atoms. The van der Waals surface area contributed by atoms with Gasteiger partial charge in [-0.2, -0.15) is 0 Å². The predicted molar refractivity (Wildman–Crippen MR) is 65.2 cm³/mol. The van der Waals surface area contributed by atoms with Crippen LogP contribution in [0, 0.1) is 13.8 Å². The van der Waals surface area contributed by atoms with E-state index in [9.17, 15) is 0 Å². The summed E-state index contributed by atoms with van der Waals surface area (Å²) in [6, 6.07) is 6.33. The third-order valence-electron chi connectivity index (χ3n) is 1.55. The molecule has 0 N–H and O–H groups in total. The van der Waals surface area contributed by atoms with Crippen LogP contribution in [0.5, 0.6) is 0 Å². The van der Waals surface area contributed by atoms with Crippen LogP contribution < -0.4 is 0 Å². The van der Waals surface area contributed by atoms with E-state index in [-0.39, 0.29) is 0 Å². The zero-order chi connectivity index (χ0) is 9.68. The molecule has 13 heavy (non-hydrogen) atoms. The molecule has 0 unspecified atom stereocenters. The summed E-state index contributed by atoms with van der Waals surface area (Å²) in [6.07, 6.45) is 2.04.